The first kappa shape index (κ1) is 10.1. The van der Waals surface area contributed by atoms with E-state index in [2.05, 4.69) is 5.32 Å². The number of aliphatic hydroxyl groups is 1. The summed E-state index contributed by atoms with van der Waals surface area (Å²) >= 11 is 0. The number of primary amides is 1. The third-order valence-corrected chi connectivity index (χ3v) is 2.71. The molecule has 1 fully saturated rings. The van der Waals surface area contributed by atoms with Crippen LogP contribution in [0.25, 0.3) is 0 Å². The standard InChI is InChI=1S/C11H14N2O2/c12-11(15)9-4-2-1-3-8(9)10-5-7(14)6-13-10/h1-4,7,10,13-14H,5-6H2,(H2,12,15)/t7-,10+/m1/s1. The lowest BCUT2D eigenvalue weighted by molar-refractivity contribution is 0.0998. The van der Waals surface area contributed by atoms with Crippen LogP contribution < -0.4 is 11.1 Å². The Morgan fingerprint density at radius 3 is 2.80 bits per heavy atom. The summed E-state index contributed by atoms with van der Waals surface area (Å²) in [4.78, 5) is 11.2. The lowest BCUT2D eigenvalue weighted by Gasteiger charge is -2.13. The molecule has 0 saturated carbocycles. The van der Waals surface area contributed by atoms with Crippen molar-refractivity contribution in [3.63, 3.8) is 0 Å². The second-order valence-corrected chi connectivity index (χ2v) is 3.80. The van der Waals surface area contributed by atoms with Crippen LogP contribution in [0.4, 0.5) is 0 Å². The van der Waals surface area contributed by atoms with Crippen LogP contribution >= 0.6 is 0 Å². The van der Waals surface area contributed by atoms with Crippen molar-refractivity contribution >= 4 is 5.91 Å². The van der Waals surface area contributed by atoms with E-state index in [1.165, 1.54) is 0 Å². The Kier molecular flexibility index (Phi) is 2.70. The minimum atomic E-state index is -0.422. The third kappa shape index (κ3) is 2.00. The van der Waals surface area contributed by atoms with Crippen LogP contribution in [0.15, 0.2) is 24.3 Å². The maximum Gasteiger partial charge on any atom is 0.249 e. The third-order valence-electron chi connectivity index (χ3n) is 2.71. The number of aliphatic hydroxyl groups excluding tert-OH is 1. The quantitative estimate of drug-likeness (QED) is 0.646. The fourth-order valence-electron chi connectivity index (χ4n) is 1.98. The Bertz CT molecular complexity index is 379. The molecule has 0 radical (unpaired) electrons. The van der Waals surface area contributed by atoms with Crippen molar-refractivity contribution in [3.05, 3.63) is 35.4 Å². The largest absolute Gasteiger partial charge is 0.392 e. The first-order chi connectivity index (χ1) is 7.18. The lowest BCUT2D eigenvalue weighted by Crippen LogP contribution is -2.20. The Morgan fingerprint density at radius 1 is 1.47 bits per heavy atom. The molecule has 80 valence electrons. The minimum Gasteiger partial charge on any atom is -0.392 e. The highest BCUT2D eigenvalue weighted by Gasteiger charge is 2.25. The molecule has 1 aromatic carbocycles. The summed E-state index contributed by atoms with van der Waals surface area (Å²) in [5.74, 6) is -0.422. The molecule has 1 aliphatic rings. The second-order valence-electron chi connectivity index (χ2n) is 3.80. The van der Waals surface area contributed by atoms with E-state index in [4.69, 9.17) is 5.73 Å². The van der Waals surface area contributed by atoms with Gasteiger partial charge in [-0.1, -0.05) is 18.2 Å². The van der Waals surface area contributed by atoms with Crippen LogP contribution in [0.1, 0.15) is 28.4 Å². The molecular formula is C11H14N2O2. The molecule has 1 aliphatic heterocycles. The average molecular weight is 206 g/mol. The Morgan fingerprint density at radius 2 is 2.20 bits per heavy atom. The molecule has 0 unspecified atom stereocenters. The van der Waals surface area contributed by atoms with Crippen LogP contribution in [0.5, 0.6) is 0 Å². The number of rotatable bonds is 2. The van der Waals surface area contributed by atoms with Gasteiger partial charge in [0.25, 0.3) is 0 Å². The van der Waals surface area contributed by atoms with E-state index in [0.29, 0.717) is 18.5 Å². The number of benzene rings is 1. The van der Waals surface area contributed by atoms with Crippen LogP contribution in [-0.4, -0.2) is 23.7 Å². The summed E-state index contributed by atoms with van der Waals surface area (Å²) in [5, 5.41) is 12.6. The van der Waals surface area contributed by atoms with Gasteiger partial charge in [0.05, 0.1) is 6.10 Å². The minimum absolute atomic E-state index is 0.0312. The average Bonchev–Trinajstić information content (AvgIpc) is 2.65. The van der Waals surface area contributed by atoms with E-state index in [1.54, 1.807) is 12.1 Å². The molecule has 2 atom stereocenters. The summed E-state index contributed by atoms with van der Waals surface area (Å²) in [7, 11) is 0. The predicted molar refractivity (Wildman–Crippen MR) is 56.3 cm³/mol. The fraction of sp³-hybridized carbons (Fsp3) is 0.364. The van der Waals surface area contributed by atoms with E-state index in [-0.39, 0.29) is 12.1 Å². The Labute approximate surface area is 88.1 Å². The summed E-state index contributed by atoms with van der Waals surface area (Å²) in [6, 6.07) is 7.27. The summed E-state index contributed by atoms with van der Waals surface area (Å²) in [6.45, 7) is 0.567. The number of carbonyl (C=O) groups excluding carboxylic acids is 1. The van der Waals surface area contributed by atoms with Crippen molar-refractivity contribution in [2.24, 2.45) is 5.73 Å². The van der Waals surface area contributed by atoms with Crippen molar-refractivity contribution in [1.82, 2.24) is 5.32 Å². The highest BCUT2D eigenvalue weighted by atomic mass is 16.3. The highest BCUT2D eigenvalue weighted by Crippen LogP contribution is 2.25. The van der Waals surface area contributed by atoms with E-state index >= 15 is 0 Å². The number of amides is 1. The van der Waals surface area contributed by atoms with Gasteiger partial charge in [0, 0.05) is 18.2 Å². The molecule has 4 nitrogen and oxygen atoms in total. The Balaban J connectivity index is 2.31. The number of hydrogen-bond acceptors (Lipinski definition) is 3. The van der Waals surface area contributed by atoms with Crippen molar-refractivity contribution < 1.29 is 9.90 Å². The smallest absolute Gasteiger partial charge is 0.249 e. The summed E-state index contributed by atoms with van der Waals surface area (Å²) in [5.41, 5.74) is 6.70. The maximum atomic E-state index is 11.2. The molecule has 0 bridgehead atoms. The number of hydrogen-bond donors (Lipinski definition) is 3. The van der Waals surface area contributed by atoms with Gasteiger partial charge in [-0.3, -0.25) is 4.79 Å². The Hall–Kier alpha value is -1.39. The van der Waals surface area contributed by atoms with Crippen LogP contribution in [0.2, 0.25) is 0 Å². The molecule has 0 spiro atoms. The zero-order valence-electron chi connectivity index (χ0n) is 8.31. The molecule has 15 heavy (non-hydrogen) atoms. The van der Waals surface area contributed by atoms with Gasteiger partial charge < -0.3 is 16.2 Å². The molecule has 0 aliphatic carbocycles. The van der Waals surface area contributed by atoms with E-state index in [1.807, 2.05) is 12.1 Å². The second kappa shape index (κ2) is 4.00. The van der Waals surface area contributed by atoms with E-state index in [0.717, 1.165) is 5.56 Å². The van der Waals surface area contributed by atoms with Crippen LogP contribution in [-0.2, 0) is 0 Å². The number of β-amino-alcohol motifs (C(OH)–C–C–N with tert-alkyl or cyclic N) is 1. The molecule has 2 rings (SSSR count). The fourth-order valence-corrected chi connectivity index (χ4v) is 1.98. The van der Waals surface area contributed by atoms with Crippen molar-refractivity contribution in [3.8, 4) is 0 Å². The molecule has 4 heteroatoms. The molecule has 1 amide bonds. The molecule has 1 heterocycles. The maximum absolute atomic E-state index is 11.2. The zero-order chi connectivity index (χ0) is 10.8. The van der Waals surface area contributed by atoms with Crippen molar-refractivity contribution in [2.45, 2.75) is 18.6 Å². The molecule has 4 N–H and O–H groups in total. The molecule has 0 aromatic heterocycles. The zero-order valence-corrected chi connectivity index (χ0v) is 8.31. The summed E-state index contributed by atoms with van der Waals surface area (Å²) < 4.78 is 0. The van der Waals surface area contributed by atoms with Gasteiger partial charge in [0.15, 0.2) is 0 Å². The predicted octanol–water partition coefficient (Wildman–Crippen LogP) is 0.181. The van der Waals surface area contributed by atoms with Gasteiger partial charge in [-0.05, 0) is 18.1 Å². The van der Waals surface area contributed by atoms with Gasteiger partial charge in [-0.25, -0.2) is 0 Å². The number of nitrogens with one attached hydrogen (secondary N) is 1. The first-order valence-electron chi connectivity index (χ1n) is 4.98. The molecule has 1 aromatic rings. The first-order valence-corrected chi connectivity index (χ1v) is 4.98. The van der Waals surface area contributed by atoms with Gasteiger partial charge in [0.1, 0.15) is 0 Å². The van der Waals surface area contributed by atoms with E-state index in [9.17, 15) is 9.90 Å². The SMILES string of the molecule is NC(=O)c1ccccc1[C@@H]1C[C@@H](O)CN1. The van der Waals surface area contributed by atoms with Crippen molar-refractivity contribution in [1.29, 1.82) is 0 Å². The molecular weight excluding hydrogens is 192 g/mol. The van der Waals surface area contributed by atoms with Gasteiger partial charge >= 0.3 is 0 Å². The molecule has 1 saturated heterocycles. The number of nitrogens with two attached hydrogens (primary N) is 1. The van der Waals surface area contributed by atoms with Gasteiger partial charge in [0.2, 0.25) is 5.91 Å². The van der Waals surface area contributed by atoms with E-state index < -0.39 is 5.91 Å². The number of carbonyl (C=O) groups is 1. The monoisotopic (exact) mass is 206 g/mol. The normalized spacial score (nSPS) is 25.4. The van der Waals surface area contributed by atoms with Gasteiger partial charge in [-0.15, -0.1) is 0 Å². The summed E-state index contributed by atoms with van der Waals surface area (Å²) in [6.07, 6.45) is 0.292. The lowest BCUT2D eigenvalue weighted by atomic mass is 9.98. The van der Waals surface area contributed by atoms with Crippen molar-refractivity contribution in [2.75, 3.05) is 6.54 Å². The van der Waals surface area contributed by atoms with Crippen LogP contribution in [0, 0.1) is 0 Å². The highest BCUT2D eigenvalue weighted by molar-refractivity contribution is 5.94. The topological polar surface area (TPSA) is 75.4 Å². The van der Waals surface area contributed by atoms with Crippen LogP contribution in [0.3, 0.4) is 0 Å². The van der Waals surface area contributed by atoms with Gasteiger partial charge in [-0.2, -0.15) is 0 Å².